The molecule has 0 unspecified atom stereocenters. The van der Waals surface area contributed by atoms with Crippen LogP contribution in [0, 0.1) is 0 Å². The summed E-state index contributed by atoms with van der Waals surface area (Å²) in [6, 6.07) is 12.0. The lowest BCUT2D eigenvalue weighted by molar-refractivity contribution is -0.118. The smallest absolute Gasteiger partial charge is 0.221 e. The van der Waals surface area contributed by atoms with E-state index in [0.29, 0.717) is 39.0 Å². The van der Waals surface area contributed by atoms with Gasteiger partial charge in [0, 0.05) is 60.7 Å². The molecule has 9 nitrogen and oxygen atoms in total. The minimum atomic E-state index is -2.91. The molecule has 2 aromatic heterocycles. The second-order valence-corrected chi connectivity index (χ2v) is 12.0. The zero-order valence-electron chi connectivity index (χ0n) is 28.8. The first-order chi connectivity index (χ1) is 22.0. The molecule has 5 rings (SSSR count). The van der Waals surface area contributed by atoms with Gasteiger partial charge in [0.15, 0.2) is 0 Å². The number of Topliss-reactive ketones (excluding diaryl/α,β-unsaturated/α-hetero) is 1. The highest BCUT2D eigenvalue weighted by molar-refractivity contribution is 6.31. The number of amides is 1. The number of anilines is 1. The summed E-state index contributed by atoms with van der Waals surface area (Å²) in [7, 11) is 1.02. The Morgan fingerprint density at radius 1 is 1.09 bits per heavy atom. The molecule has 0 bridgehead atoms. The summed E-state index contributed by atoms with van der Waals surface area (Å²) in [5.41, 5.74) is 2.84. The van der Waals surface area contributed by atoms with Crippen LogP contribution in [0.15, 0.2) is 48.7 Å². The van der Waals surface area contributed by atoms with E-state index in [-0.39, 0.29) is 35.5 Å². The molecule has 2 heterocycles. The molecule has 0 spiro atoms. The van der Waals surface area contributed by atoms with Crippen molar-refractivity contribution < 1.29 is 29.3 Å². The fraction of sp³-hybridized carbons (Fsp3) is 0.394. The average Bonchev–Trinajstić information content (AvgIpc) is 3.73. The summed E-state index contributed by atoms with van der Waals surface area (Å²) in [6.07, 6.45) is 4.03. The van der Waals surface area contributed by atoms with Gasteiger partial charge < -0.3 is 19.5 Å². The number of hydrogen-bond acceptors (Lipinski definition) is 7. The van der Waals surface area contributed by atoms with Crippen LogP contribution in [0.1, 0.15) is 69.0 Å². The standard InChI is InChI=1S/C33H37ClN4O5/c1-20(39)36-29-18-26-28(19-31(29)42-13-12-41-5)35-11-10-30(26)43-25-9-6-21(27(34)17-25)14-24(40)15-23-16-32(33(2,3)4)37-38(23)22-7-8-22/h6,9-11,16-19,22H,7-8,12-15H2,1-5H3,(H,36,39)/i12D2,13D2. The van der Waals surface area contributed by atoms with Gasteiger partial charge in [-0.15, -0.1) is 0 Å². The fourth-order valence-electron chi connectivity index (χ4n) is 4.63. The van der Waals surface area contributed by atoms with Gasteiger partial charge in [-0.3, -0.25) is 19.3 Å². The number of methoxy groups -OCH3 is 1. The first-order valence-corrected chi connectivity index (χ1v) is 14.4. The van der Waals surface area contributed by atoms with E-state index >= 15 is 0 Å². The maximum atomic E-state index is 13.2. The first kappa shape index (κ1) is 25.5. The van der Waals surface area contributed by atoms with Crippen molar-refractivity contribution in [2.45, 2.75) is 64.8 Å². The molecule has 43 heavy (non-hydrogen) atoms. The van der Waals surface area contributed by atoms with Gasteiger partial charge in [-0.1, -0.05) is 38.4 Å². The van der Waals surface area contributed by atoms with Crippen LogP contribution in [0.25, 0.3) is 10.9 Å². The van der Waals surface area contributed by atoms with Crippen LogP contribution in [0.3, 0.4) is 0 Å². The van der Waals surface area contributed by atoms with E-state index in [1.54, 1.807) is 24.3 Å². The number of rotatable bonds is 12. The van der Waals surface area contributed by atoms with Gasteiger partial charge in [0.1, 0.15) is 29.6 Å². The molecule has 10 heteroatoms. The SMILES string of the molecule is [2H]C([2H])(OC)C([2H])([2H])Oc1cc2nccc(Oc3ccc(CC(=O)Cc4cc(C(C)(C)C)nn4C4CC4)c(Cl)c3)c2cc1NC(C)=O. The van der Waals surface area contributed by atoms with Gasteiger partial charge in [0.25, 0.3) is 0 Å². The van der Waals surface area contributed by atoms with Crippen molar-refractivity contribution in [2.24, 2.45) is 0 Å². The number of nitrogens with one attached hydrogen (secondary N) is 1. The van der Waals surface area contributed by atoms with E-state index in [0.717, 1.165) is 31.3 Å². The third-order valence-electron chi connectivity index (χ3n) is 6.91. The number of fused-ring (bicyclic) bond motifs is 1. The molecular formula is C33H37ClN4O5. The summed E-state index contributed by atoms with van der Waals surface area (Å²) in [4.78, 5) is 29.5. The third-order valence-corrected chi connectivity index (χ3v) is 7.26. The number of carbonyl (C=O) groups excluding carboxylic acids is 2. The number of ether oxygens (including phenoxy) is 3. The number of nitrogens with zero attached hydrogens (tertiary/aromatic N) is 3. The molecule has 4 aromatic rings. The summed E-state index contributed by atoms with van der Waals surface area (Å²) in [5, 5.41) is 8.21. The number of carbonyl (C=O) groups is 2. The monoisotopic (exact) mass is 608 g/mol. The predicted octanol–water partition coefficient (Wildman–Crippen LogP) is 6.85. The number of hydrogen-bond donors (Lipinski definition) is 1. The van der Waals surface area contributed by atoms with Crippen molar-refractivity contribution in [3.8, 4) is 17.2 Å². The van der Waals surface area contributed by atoms with Gasteiger partial charge in [-0.05, 0) is 48.7 Å². The highest BCUT2D eigenvalue weighted by Gasteiger charge is 2.30. The van der Waals surface area contributed by atoms with Crippen molar-refractivity contribution in [3.05, 3.63) is 70.6 Å². The highest BCUT2D eigenvalue weighted by atomic mass is 35.5. The Morgan fingerprint density at radius 3 is 2.56 bits per heavy atom. The van der Waals surface area contributed by atoms with E-state index in [1.807, 2.05) is 10.7 Å². The lowest BCUT2D eigenvalue weighted by atomic mass is 9.92. The van der Waals surface area contributed by atoms with E-state index in [1.165, 1.54) is 25.3 Å². The number of aromatic nitrogens is 3. The van der Waals surface area contributed by atoms with Gasteiger partial charge in [-0.25, -0.2) is 0 Å². The number of pyridine rings is 1. The predicted molar refractivity (Wildman–Crippen MR) is 167 cm³/mol. The van der Waals surface area contributed by atoms with Crippen LogP contribution < -0.4 is 14.8 Å². The fourth-order valence-corrected chi connectivity index (χ4v) is 4.87. The molecule has 1 fully saturated rings. The summed E-state index contributed by atoms with van der Waals surface area (Å²) < 4.78 is 50.0. The zero-order chi connectivity index (χ0) is 34.3. The Balaban J connectivity index is 1.36. The number of ketones is 1. The molecule has 0 saturated heterocycles. The van der Waals surface area contributed by atoms with Crippen molar-refractivity contribution >= 4 is 39.9 Å². The van der Waals surface area contributed by atoms with Gasteiger partial charge >= 0.3 is 0 Å². The minimum Gasteiger partial charge on any atom is -0.489 e. The lowest BCUT2D eigenvalue weighted by Gasteiger charge is -2.15. The largest absolute Gasteiger partial charge is 0.489 e. The van der Waals surface area contributed by atoms with Crippen molar-refractivity contribution in [1.29, 1.82) is 0 Å². The van der Waals surface area contributed by atoms with Crippen LogP contribution in [0.2, 0.25) is 5.02 Å². The molecule has 1 saturated carbocycles. The Labute approximate surface area is 262 Å². The van der Waals surface area contributed by atoms with Gasteiger partial charge in [-0.2, -0.15) is 5.10 Å². The quantitative estimate of drug-likeness (QED) is 0.188. The van der Waals surface area contributed by atoms with Gasteiger partial charge in [0.2, 0.25) is 5.91 Å². The summed E-state index contributed by atoms with van der Waals surface area (Å²) >= 11 is 6.63. The van der Waals surface area contributed by atoms with Gasteiger partial charge in [0.05, 0.1) is 35.0 Å². The lowest BCUT2D eigenvalue weighted by Crippen LogP contribution is -2.13. The van der Waals surface area contributed by atoms with Crippen LogP contribution in [0.5, 0.6) is 17.2 Å². The minimum absolute atomic E-state index is 0.0226. The Kier molecular flexibility index (Phi) is 7.56. The van der Waals surface area contributed by atoms with Crippen molar-refractivity contribution in [3.63, 3.8) is 0 Å². The van der Waals surface area contributed by atoms with E-state index in [9.17, 15) is 9.59 Å². The molecule has 226 valence electrons. The second-order valence-electron chi connectivity index (χ2n) is 11.6. The van der Waals surface area contributed by atoms with Crippen molar-refractivity contribution in [1.82, 2.24) is 14.8 Å². The maximum Gasteiger partial charge on any atom is 0.221 e. The first-order valence-electron chi connectivity index (χ1n) is 16.0. The molecule has 1 N–H and O–H groups in total. The maximum absolute atomic E-state index is 13.2. The molecule has 2 aromatic carbocycles. The molecule has 0 radical (unpaired) electrons. The zero-order valence-corrected chi connectivity index (χ0v) is 25.5. The Hall–Kier alpha value is -3.95. The molecular weight excluding hydrogens is 568 g/mol. The highest BCUT2D eigenvalue weighted by Crippen LogP contribution is 2.38. The summed E-state index contributed by atoms with van der Waals surface area (Å²) in [5.74, 6) is 0.154. The topological polar surface area (TPSA) is 105 Å². The second kappa shape index (κ2) is 12.7. The number of halogens is 1. The third kappa shape index (κ3) is 7.53. The van der Waals surface area contributed by atoms with Crippen LogP contribution in [0.4, 0.5) is 5.69 Å². The normalized spacial score (nSPS) is 15.3. The molecule has 1 aliphatic carbocycles. The van der Waals surface area contributed by atoms with Crippen LogP contribution in [-0.2, 0) is 32.6 Å². The Bertz CT molecular complexity index is 1840. The molecule has 1 amide bonds. The van der Waals surface area contributed by atoms with Crippen molar-refractivity contribution in [2.75, 3.05) is 25.5 Å². The van der Waals surface area contributed by atoms with E-state index < -0.39 is 19.0 Å². The van der Waals surface area contributed by atoms with E-state index in [4.69, 9.17) is 31.7 Å². The number of benzene rings is 2. The molecule has 1 aliphatic rings. The van der Waals surface area contributed by atoms with Crippen LogP contribution in [-0.4, -0.2) is 46.7 Å². The summed E-state index contributed by atoms with van der Waals surface area (Å²) in [6.45, 7) is 1.89. The Morgan fingerprint density at radius 2 is 1.88 bits per heavy atom. The average molecular weight is 609 g/mol. The molecule has 0 atom stereocenters. The van der Waals surface area contributed by atoms with Crippen LogP contribution >= 0.6 is 11.6 Å². The molecule has 0 aliphatic heterocycles. The van der Waals surface area contributed by atoms with E-state index in [2.05, 4.69) is 35.8 Å².